The molecule has 2 fully saturated rings. The highest BCUT2D eigenvalue weighted by atomic mass is 35.5. The lowest BCUT2D eigenvalue weighted by Crippen LogP contribution is -2.48. The molecule has 3 nitrogen and oxygen atoms in total. The van der Waals surface area contributed by atoms with Crippen molar-refractivity contribution < 1.29 is 4.65 Å². The van der Waals surface area contributed by atoms with Crippen LogP contribution < -0.4 is 5.32 Å². The van der Waals surface area contributed by atoms with Crippen LogP contribution in [-0.4, -0.2) is 47.7 Å². The maximum Gasteiger partial charge on any atom is 0.293 e. The summed E-state index contributed by atoms with van der Waals surface area (Å²) in [6, 6.07) is 9.80. The molecule has 0 aromatic heterocycles. The second-order valence-electron chi connectivity index (χ2n) is 15.3. The molecule has 1 radical (unpaired) electrons. The van der Waals surface area contributed by atoms with Gasteiger partial charge in [-0.15, -0.1) is 11.6 Å². The molecule has 1 saturated carbocycles. The molecular weight excluding hydrogens is 555 g/mol. The number of alkyl halides is 1. The van der Waals surface area contributed by atoms with Crippen molar-refractivity contribution in [2.45, 2.75) is 148 Å². The topological polar surface area (TPSA) is 24.5 Å². The first-order valence-corrected chi connectivity index (χ1v) is 17.8. The van der Waals surface area contributed by atoms with Gasteiger partial charge in [0.05, 0.1) is 5.60 Å². The van der Waals surface area contributed by atoms with Crippen molar-refractivity contribution in [1.29, 1.82) is 0 Å². The number of fused-ring (bicyclic) bond motifs is 1. The van der Waals surface area contributed by atoms with Gasteiger partial charge in [-0.1, -0.05) is 55.9 Å². The van der Waals surface area contributed by atoms with Crippen LogP contribution in [0.4, 0.5) is 0 Å². The van der Waals surface area contributed by atoms with Crippen LogP contribution in [0.5, 0.6) is 0 Å². The molecule has 2 unspecified atom stereocenters. The van der Waals surface area contributed by atoms with E-state index in [1.807, 2.05) is 7.48 Å². The molecule has 2 atom stereocenters. The summed E-state index contributed by atoms with van der Waals surface area (Å²) in [5.41, 5.74) is 6.49. The highest BCUT2D eigenvalue weighted by Crippen LogP contribution is 2.50. The fourth-order valence-electron chi connectivity index (χ4n) is 7.04. The number of thiol groups is 1. The third-order valence-corrected chi connectivity index (χ3v) is 11.0. The Morgan fingerprint density at radius 1 is 0.952 bits per heavy atom. The number of halogens is 1. The molecule has 1 saturated heterocycles. The van der Waals surface area contributed by atoms with Gasteiger partial charge in [0.15, 0.2) is 0 Å². The summed E-state index contributed by atoms with van der Waals surface area (Å²) in [6.45, 7) is 20.6. The molecule has 6 heteroatoms. The van der Waals surface area contributed by atoms with Gasteiger partial charge in [-0.3, -0.25) is 4.90 Å². The van der Waals surface area contributed by atoms with Crippen LogP contribution in [-0.2, 0) is 11.1 Å². The summed E-state index contributed by atoms with van der Waals surface area (Å²) in [5.74, 6) is 0.725. The van der Waals surface area contributed by atoms with E-state index in [4.69, 9.17) is 17.3 Å². The first-order chi connectivity index (χ1) is 19.7. The number of rotatable bonds is 12. The quantitative estimate of drug-likeness (QED) is 0.106. The predicted molar refractivity (Wildman–Crippen MR) is 188 cm³/mol. The molecule has 1 N–H and O–H groups in total. The Morgan fingerprint density at radius 2 is 1.60 bits per heavy atom. The molecule has 2 aliphatic carbocycles. The van der Waals surface area contributed by atoms with Crippen LogP contribution in [0.15, 0.2) is 35.5 Å². The molecule has 3 aliphatic rings. The Labute approximate surface area is 271 Å². The number of unbranched alkanes of at least 4 members (excludes halogenated alkanes) is 1. The van der Waals surface area contributed by atoms with E-state index in [2.05, 4.69) is 101 Å². The highest BCUT2D eigenvalue weighted by molar-refractivity contribution is 7.81. The maximum atomic E-state index is 6.18. The first kappa shape index (κ1) is 35.9. The Hall–Kier alpha value is -0.615. The molecule has 1 aromatic carbocycles. The van der Waals surface area contributed by atoms with Crippen molar-refractivity contribution in [3.63, 3.8) is 0 Å². The van der Waals surface area contributed by atoms with Crippen molar-refractivity contribution in [2.24, 2.45) is 11.3 Å². The van der Waals surface area contributed by atoms with E-state index in [9.17, 15) is 0 Å². The van der Waals surface area contributed by atoms with Crippen LogP contribution in [0.2, 0.25) is 6.32 Å². The minimum Gasteiger partial charge on any atom is -0.434 e. The number of allylic oxidation sites excluding steroid dienone is 2. The number of aryl methyl sites for hydroxylation is 1. The second kappa shape index (κ2) is 15.1. The molecule has 237 valence electrons. The Bertz CT molecular complexity index is 1020. The fourth-order valence-corrected chi connectivity index (χ4v) is 7.09. The van der Waals surface area contributed by atoms with Gasteiger partial charge in [0, 0.05) is 33.8 Å². The Morgan fingerprint density at radius 3 is 2.17 bits per heavy atom. The smallest absolute Gasteiger partial charge is 0.293 e. The van der Waals surface area contributed by atoms with Crippen molar-refractivity contribution in [1.82, 2.24) is 10.2 Å². The van der Waals surface area contributed by atoms with Crippen LogP contribution in [0.3, 0.4) is 0 Å². The molecule has 1 aromatic rings. The summed E-state index contributed by atoms with van der Waals surface area (Å²) in [5, 5.41) is 4.09. The van der Waals surface area contributed by atoms with E-state index in [0.29, 0.717) is 6.04 Å². The van der Waals surface area contributed by atoms with Crippen molar-refractivity contribution in [2.75, 3.05) is 19.5 Å². The lowest BCUT2D eigenvalue weighted by Gasteiger charge is -2.49. The number of likely N-dealkylation sites (tertiary alicyclic amines) is 1. The zero-order valence-corrected chi connectivity index (χ0v) is 30.1. The summed E-state index contributed by atoms with van der Waals surface area (Å²) < 4.78 is 6.00. The lowest BCUT2D eigenvalue weighted by molar-refractivity contribution is 0.0693. The van der Waals surface area contributed by atoms with E-state index in [0.717, 1.165) is 12.2 Å². The molecular formula is C36H61BClN2OS. The lowest BCUT2D eigenvalue weighted by atomic mass is 9.64. The van der Waals surface area contributed by atoms with E-state index >= 15 is 0 Å². The average molecular weight is 616 g/mol. The number of benzene rings is 1. The maximum absolute atomic E-state index is 6.18. The minimum atomic E-state index is -0.281. The van der Waals surface area contributed by atoms with Crippen molar-refractivity contribution in [3.8, 4) is 0 Å². The third kappa shape index (κ3) is 8.98. The van der Waals surface area contributed by atoms with E-state index in [1.54, 1.807) is 22.4 Å². The average Bonchev–Trinajstić information content (AvgIpc) is 3.33. The summed E-state index contributed by atoms with van der Waals surface area (Å²) in [6.07, 6.45) is 15.2. The fraction of sp³-hybridized carbons (Fsp3) is 0.778. The third-order valence-electron chi connectivity index (χ3n) is 10.5. The van der Waals surface area contributed by atoms with Crippen LogP contribution in [0.25, 0.3) is 0 Å². The number of nitrogens with zero attached hydrogens (tertiary/aromatic N) is 1. The van der Waals surface area contributed by atoms with Gasteiger partial charge in [-0.05, 0) is 130 Å². The molecule has 4 rings (SSSR count). The van der Waals surface area contributed by atoms with Crippen LogP contribution >= 0.6 is 24.2 Å². The molecule has 42 heavy (non-hydrogen) atoms. The predicted octanol–water partition coefficient (Wildman–Crippen LogP) is 9.78. The van der Waals surface area contributed by atoms with E-state index in [-0.39, 0.29) is 21.3 Å². The molecule has 1 aliphatic heterocycles. The zero-order chi connectivity index (χ0) is 31.2. The number of hydrogen-bond donors (Lipinski definition) is 2. The first-order valence-electron chi connectivity index (χ1n) is 16.6. The van der Waals surface area contributed by atoms with E-state index < -0.39 is 0 Å². The van der Waals surface area contributed by atoms with Crippen LogP contribution in [0.1, 0.15) is 130 Å². The van der Waals surface area contributed by atoms with Gasteiger partial charge >= 0.3 is 0 Å². The number of nitrogens with one attached hydrogen (secondary N) is 1. The van der Waals surface area contributed by atoms with Gasteiger partial charge in [-0.2, -0.15) is 12.6 Å². The number of hydrogen-bond acceptors (Lipinski definition) is 4. The summed E-state index contributed by atoms with van der Waals surface area (Å²) in [7, 11) is 2.05. The van der Waals surface area contributed by atoms with Crippen molar-refractivity contribution in [3.05, 3.63) is 46.7 Å². The van der Waals surface area contributed by atoms with Gasteiger partial charge in [-0.25, -0.2) is 0 Å². The minimum absolute atomic E-state index is 0.0836. The van der Waals surface area contributed by atoms with Gasteiger partial charge in [0.25, 0.3) is 7.48 Å². The summed E-state index contributed by atoms with van der Waals surface area (Å²) in [4.78, 5) is 2.81. The largest absolute Gasteiger partial charge is 0.434 e. The molecule has 0 spiro atoms. The van der Waals surface area contributed by atoms with E-state index in [1.165, 1.54) is 83.7 Å². The molecule has 0 bridgehead atoms. The number of piperidine rings is 1. The van der Waals surface area contributed by atoms with Crippen molar-refractivity contribution >= 4 is 31.7 Å². The summed E-state index contributed by atoms with van der Waals surface area (Å²) >= 11 is 9.39. The van der Waals surface area contributed by atoms with Gasteiger partial charge < -0.3 is 9.97 Å². The molecule has 1 heterocycles. The standard InChI is InChI=1S/C35H58BN2OS.CH3Cl/c1-32(2,3)37-31(27-15-13-16-27)35(8,22-11-12-23-36-39-33(4,5)34(6,7)40)28-20-24-38(25-21-28)30-19-18-26-14-9-10-17-29(26)30;1-2/h9-10,14,17,28,30,37,40H,11-13,15-16,18-25H2,1-8H3;1H3. The SMILES string of the molecule is CC(C)(C)NC(=C1CCC1)C(C)(CCCC[B]OC(C)(C)C(C)(C)S)C1CCN(C2CCc3ccccc32)CC1.CCl. The van der Waals surface area contributed by atoms with Crippen LogP contribution in [0, 0.1) is 11.3 Å². The van der Waals surface area contributed by atoms with Gasteiger partial charge in [0.1, 0.15) is 0 Å². The Kier molecular flexibility index (Phi) is 12.9. The molecule has 0 amide bonds. The second-order valence-corrected chi connectivity index (χ2v) is 16.4. The monoisotopic (exact) mass is 615 g/mol. The normalized spacial score (nSPS) is 21.5. The van der Waals surface area contributed by atoms with Gasteiger partial charge in [0.2, 0.25) is 0 Å². The Balaban J connectivity index is 0.00000237. The highest BCUT2D eigenvalue weighted by Gasteiger charge is 2.43. The zero-order valence-electron chi connectivity index (χ0n) is 28.4.